The molecule has 6 nitrogen and oxygen atoms in total. The van der Waals surface area contributed by atoms with Crippen LogP contribution in [0.1, 0.15) is 12.8 Å². The van der Waals surface area contributed by atoms with Crippen molar-refractivity contribution in [1.82, 2.24) is 15.1 Å². The summed E-state index contributed by atoms with van der Waals surface area (Å²) in [6, 6.07) is -0.0783. The molecule has 1 aliphatic heterocycles. The van der Waals surface area contributed by atoms with Crippen molar-refractivity contribution >= 4 is 12.0 Å². The van der Waals surface area contributed by atoms with Crippen LogP contribution in [-0.4, -0.2) is 67.2 Å². The van der Waals surface area contributed by atoms with E-state index in [0.29, 0.717) is 19.6 Å². The van der Waals surface area contributed by atoms with Gasteiger partial charge in [0, 0.05) is 25.6 Å². The largest absolute Gasteiger partial charge is 0.481 e. The van der Waals surface area contributed by atoms with Crippen LogP contribution in [-0.2, 0) is 4.79 Å². The van der Waals surface area contributed by atoms with Crippen LogP contribution in [0.4, 0.5) is 4.79 Å². The van der Waals surface area contributed by atoms with E-state index in [9.17, 15) is 9.59 Å². The van der Waals surface area contributed by atoms with E-state index < -0.39 is 5.97 Å². The van der Waals surface area contributed by atoms with Gasteiger partial charge in [0.15, 0.2) is 0 Å². The van der Waals surface area contributed by atoms with E-state index in [-0.39, 0.29) is 18.4 Å². The second-order valence-corrected chi connectivity index (χ2v) is 4.76. The second-order valence-electron chi connectivity index (χ2n) is 4.76. The Morgan fingerprint density at radius 2 is 2.06 bits per heavy atom. The Labute approximate surface area is 102 Å². The molecule has 6 heteroatoms. The number of carbonyl (C=O) groups is 2. The minimum atomic E-state index is -0.791. The van der Waals surface area contributed by atoms with Gasteiger partial charge in [0.25, 0.3) is 0 Å². The van der Waals surface area contributed by atoms with Crippen molar-refractivity contribution in [2.45, 2.75) is 12.8 Å². The summed E-state index contributed by atoms with van der Waals surface area (Å²) < 4.78 is 0. The molecule has 0 spiro atoms. The molecular weight excluding hydrogens is 222 g/mol. The van der Waals surface area contributed by atoms with E-state index in [2.05, 4.69) is 10.2 Å². The van der Waals surface area contributed by atoms with Crippen molar-refractivity contribution in [3.63, 3.8) is 0 Å². The molecule has 0 bridgehead atoms. The van der Waals surface area contributed by atoms with Gasteiger partial charge in [-0.2, -0.15) is 0 Å². The molecule has 0 aromatic carbocycles. The summed E-state index contributed by atoms with van der Waals surface area (Å²) in [6.07, 6.45) is 1.08. The number of amides is 2. The van der Waals surface area contributed by atoms with Gasteiger partial charge in [-0.05, 0) is 27.1 Å². The van der Waals surface area contributed by atoms with Crippen LogP contribution in [0.15, 0.2) is 0 Å². The van der Waals surface area contributed by atoms with Gasteiger partial charge in [-0.1, -0.05) is 0 Å². The first kappa shape index (κ1) is 13.8. The number of hydrogen-bond acceptors (Lipinski definition) is 3. The van der Waals surface area contributed by atoms with Crippen LogP contribution < -0.4 is 5.32 Å². The summed E-state index contributed by atoms with van der Waals surface area (Å²) in [5.41, 5.74) is 0. The van der Waals surface area contributed by atoms with Crippen LogP contribution in [0.2, 0.25) is 0 Å². The predicted octanol–water partition coefficient (Wildman–Crippen LogP) is 0.0542. The fourth-order valence-corrected chi connectivity index (χ4v) is 1.81. The first-order valence-electron chi connectivity index (χ1n) is 5.88. The normalized spacial score (nSPS) is 15.8. The number of carboxylic acids is 1. The van der Waals surface area contributed by atoms with Crippen molar-refractivity contribution in [3.05, 3.63) is 0 Å². The number of nitrogens with zero attached hydrogens (tertiary/aromatic N) is 2. The molecule has 0 aromatic rings. The van der Waals surface area contributed by atoms with Gasteiger partial charge in [0.1, 0.15) is 0 Å². The first-order valence-corrected chi connectivity index (χ1v) is 5.88. The Morgan fingerprint density at radius 3 is 2.59 bits per heavy atom. The Morgan fingerprint density at radius 1 is 1.41 bits per heavy atom. The molecule has 1 aliphatic rings. The maximum atomic E-state index is 11.6. The highest BCUT2D eigenvalue weighted by atomic mass is 16.4. The van der Waals surface area contributed by atoms with Gasteiger partial charge in [-0.25, -0.2) is 4.79 Å². The molecule has 0 aromatic heterocycles. The van der Waals surface area contributed by atoms with Crippen molar-refractivity contribution < 1.29 is 14.7 Å². The summed E-state index contributed by atoms with van der Waals surface area (Å²) in [5, 5.41) is 11.4. The highest BCUT2D eigenvalue weighted by molar-refractivity contribution is 5.75. The molecule has 2 N–H and O–H groups in total. The third kappa shape index (κ3) is 5.04. The smallest absolute Gasteiger partial charge is 0.317 e. The zero-order valence-electron chi connectivity index (χ0n) is 10.5. The predicted molar refractivity (Wildman–Crippen MR) is 63.9 cm³/mol. The Kier molecular flexibility index (Phi) is 5.21. The summed E-state index contributed by atoms with van der Waals surface area (Å²) in [4.78, 5) is 25.7. The topological polar surface area (TPSA) is 72.9 Å². The van der Waals surface area contributed by atoms with E-state index in [1.54, 1.807) is 4.90 Å². The molecule has 17 heavy (non-hydrogen) atoms. The summed E-state index contributed by atoms with van der Waals surface area (Å²) in [6.45, 7) is 2.73. The van der Waals surface area contributed by atoms with Crippen LogP contribution in [0.3, 0.4) is 0 Å². The van der Waals surface area contributed by atoms with Crippen molar-refractivity contribution in [2.75, 3.05) is 40.3 Å². The quantitative estimate of drug-likeness (QED) is 0.647. The number of aliphatic carboxylic acids is 1. The van der Waals surface area contributed by atoms with Gasteiger partial charge < -0.3 is 20.2 Å². The highest BCUT2D eigenvalue weighted by Gasteiger charge is 2.31. The second kappa shape index (κ2) is 6.44. The molecule has 0 atom stereocenters. The molecule has 0 unspecified atom stereocenters. The van der Waals surface area contributed by atoms with Crippen LogP contribution >= 0.6 is 0 Å². The fraction of sp³-hybridized carbons (Fsp3) is 0.818. The standard InChI is InChI=1S/C11H21N3O3/c1-13(2)5-3-4-12-11(17)14-7-9(8-14)6-10(15)16/h9H,3-8H2,1-2H3,(H,12,17)(H,15,16). The average molecular weight is 243 g/mol. The third-order valence-electron chi connectivity index (χ3n) is 2.77. The molecule has 1 saturated heterocycles. The van der Waals surface area contributed by atoms with Crippen LogP contribution in [0.5, 0.6) is 0 Å². The van der Waals surface area contributed by atoms with Gasteiger partial charge in [0.2, 0.25) is 0 Å². The molecule has 1 fully saturated rings. The lowest BCUT2D eigenvalue weighted by molar-refractivity contribution is -0.139. The molecule has 0 saturated carbocycles. The lowest BCUT2D eigenvalue weighted by Gasteiger charge is -2.38. The Hall–Kier alpha value is -1.30. The van der Waals surface area contributed by atoms with E-state index in [1.165, 1.54) is 0 Å². The van der Waals surface area contributed by atoms with Gasteiger partial charge in [0.05, 0.1) is 6.42 Å². The maximum Gasteiger partial charge on any atom is 0.317 e. The highest BCUT2D eigenvalue weighted by Crippen LogP contribution is 2.18. The number of rotatable bonds is 6. The molecule has 1 heterocycles. The van der Waals surface area contributed by atoms with E-state index in [0.717, 1.165) is 13.0 Å². The Bertz CT molecular complexity index is 275. The zero-order chi connectivity index (χ0) is 12.8. The molecule has 0 radical (unpaired) electrons. The lowest BCUT2D eigenvalue weighted by Crippen LogP contribution is -2.54. The van der Waals surface area contributed by atoms with E-state index in [1.807, 2.05) is 14.1 Å². The van der Waals surface area contributed by atoms with Crippen molar-refractivity contribution in [3.8, 4) is 0 Å². The fourth-order valence-electron chi connectivity index (χ4n) is 1.81. The molecule has 98 valence electrons. The number of likely N-dealkylation sites (tertiary alicyclic amines) is 1. The minimum absolute atomic E-state index is 0.0783. The number of urea groups is 1. The summed E-state index contributed by atoms with van der Waals surface area (Å²) >= 11 is 0. The summed E-state index contributed by atoms with van der Waals surface area (Å²) in [5.74, 6) is -0.666. The van der Waals surface area contributed by atoms with Crippen LogP contribution in [0.25, 0.3) is 0 Å². The van der Waals surface area contributed by atoms with Gasteiger partial charge in [-0.15, -0.1) is 0 Å². The number of carbonyl (C=O) groups excluding carboxylic acids is 1. The van der Waals surface area contributed by atoms with Crippen molar-refractivity contribution in [2.24, 2.45) is 5.92 Å². The zero-order valence-corrected chi connectivity index (χ0v) is 10.5. The average Bonchev–Trinajstić information content (AvgIpc) is 2.16. The van der Waals surface area contributed by atoms with Gasteiger partial charge in [-0.3, -0.25) is 4.79 Å². The van der Waals surface area contributed by atoms with Crippen LogP contribution in [0, 0.1) is 5.92 Å². The minimum Gasteiger partial charge on any atom is -0.481 e. The number of hydrogen-bond donors (Lipinski definition) is 2. The maximum absolute atomic E-state index is 11.6. The SMILES string of the molecule is CN(C)CCCNC(=O)N1CC(CC(=O)O)C1. The molecule has 2 amide bonds. The molecule has 1 rings (SSSR count). The van der Waals surface area contributed by atoms with E-state index >= 15 is 0 Å². The third-order valence-corrected chi connectivity index (χ3v) is 2.77. The summed E-state index contributed by atoms with van der Waals surface area (Å²) in [7, 11) is 3.99. The monoisotopic (exact) mass is 243 g/mol. The number of carboxylic acid groups (broad SMARTS) is 1. The molecule has 0 aliphatic carbocycles. The first-order chi connectivity index (χ1) is 7.99. The number of nitrogens with one attached hydrogen (secondary N) is 1. The van der Waals surface area contributed by atoms with E-state index in [4.69, 9.17) is 5.11 Å². The Balaban J connectivity index is 2.05. The van der Waals surface area contributed by atoms with Gasteiger partial charge >= 0.3 is 12.0 Å². The van der Waals surface area contributed by atoms with Crippen molar-refractivity contribution in [1.29, 1.82) is 0 Å². The molecular formula is C11H21N3O3. The lowest BCUT2D eigenvalue weighted by atomic mass is 9.97.